The number of urea groups is 1. The van der Waals surface area contributed by atoms with Crippen molar-refractivity contribution in [2.75, 3.05) is 77.8 Å². The number of fused-ring (bicyclic) bond motifs is 1. The molecule has 4 aliphatic rings. The summed E-state index contributed by atoms with van der Waals surface area (Å²) in [6.45, 7) is 5.78. The maximum absolute atomic E-state index is 14.0. The first-order chi connectivity index (χ1) is 24.5. The van der Waals surface area contributed by atoms with E-state index in [2.05, 4.69) is 26.1 Å². The highest BCUT2D eigenvalue weighted by molar-refractivity contribution is 9.10. The molecule has 0 aliphatic carbocycles. The Morgan fingerprint density at radius 3 is 2.27 bits per heavy atom. The van der Waals surface area contributed by atoms with Crippen molar-refractivity contribution in [1.82, 2.24) is 29.6 Å². The number of piperazine rings is 1. The van der Waals surface area contributed by atoms with Gasteiger partial charge in [0.2, 0.25) is 0 Å². The lowest BCUT2D eigenvalue weighted by Crippen LogP contribution is -2.56. The van der Waals surface area contributed by atoms with Gasteiger partial charge in [0.25, 0.3) is 11.8 Å². The second-order valence-electron chi connectivity index (χ2n) is 13.9. The largest absolute Gasteiger partial charge is 0.507 e. The molecule has 6 rings (SSSR count). The zero-order valence-electron chi connectivity index (χ0n) is 29.1. The van der Waals surface area contributed by atoms with Gasteiger partial charge in [0.1, 0.15) is 5.75 Å². The Bertz CT molecular complexity index is 1570. The van der Waals surface area contributed by atoms with E-state index in [4.69, 9.17) is 4.74 Å². The summed E-state index contributed by atoms with van der Waals surface area (Å²) < 4.78 is 6.50. The van der Waals surface area contributed by atoms with Gasteiger partial charge in [0, 0.05) is 90.1 Å². The number of amides is 5. The molecule has 0 radical (unpaired) electrons. The smallest absolute Gasteiger partial charge is 0.410 e. The predicted octanol–water partition coefficient (Wildman–Crippen LogP) is 3.21. The zero-order valence-corrected chi connectivity index (χ0v) is 30.7. The van der Waals surface area contributed by atoms with E-state index < -0.39 is 12.2 Å². The molecule has 1 atom stereocenters. The number of phenolic OH excluding ortho intramolecular Hbond substituents is 1. The number of benzene rings is 2. The van der Waals surface area contributed by atoms with Gasteiger partial charge in [0.05, 0.1) is 11.0 Å². The fraction of sp³-hybridized carbons (Fsp3) is 0.556. The Balaban J connectivity index is 1.03. The van der Waals surface area contributed by atoms with Crippen LogP contribution in [0.25, 0.3) is 0 Å². The van der Waals surface area contributed by atoms with E-state index in [0.717, 1.165) is 62.3 Å². The molecule has 15 heteroatoms. The number of piperidine rings is 2. The molecule has 0 aromatic heterocycles. The molecule has 276 valence electrons. The number of rotatable bonds is 8. The van der Waals surface area contributed by atoms with Crippen LogP contribution in [0.1, 0.15) is 36.8 Å². The highest BCUT2D eigenvalue weighted by Crippen LogP contribution is 2.28. The number of aromatic hydroxyl groups is 1. The van der Waals surface area contributed by atoms with Gasteiger partial charge >= 0.3 is 12.1 Å². The summed E-state index contributed by atoms with van der Waals surface area (Å²) in [5.74, 6) is -0.486. The van der Waals surface area contributed by atoms with Gasteiger partial charge in [-0.2, -0.15) is 0 Å². The normalized spacial score (nSPS) is 20.3. The maximum Gasteiger partial charge on any atom is 0.410 e. The number of para-hydroxylation sites is 1. The summed E-state index contributed by atoms with van der Waals surface area (Å²) in [5, 5.41) is 23.1. The third-order valence-electron chi connectivity index (χ3n) is 10.7. The zero-order chi connectivity index (χ0) is 36.1. The second kappa shape index (κ2) is 16.6. The van der Waals surface area contributed by atoms with Crippen LogP contribution >= 0.6 is 15.9 Å². The molecule has 51 heavy (non-hydrogen) atoms. The lowest BCUT2D eigenvalue weighted by molar-refractivity contribution is -0.161. The van der Waals surface area contributed by atoms with Crippen molar-refractivity contribution in [3.8, 4) is 5.75 Å². The van der Waals surface area contributed by atoms with E-state index in [-0.39, 0.29) is 42.6 Å². The van der Waals surface area contributed by atoms with E-state index in [1.54, 1.807) is 28.0 Å². The van der Waals surface area contributed by atoms with E-state index >= 15 is 0 Å². The first-order valence-electron chi connectivity index (χ1n) is 17.8. The van der Waals surface area contributed by atoms with Crippen LogP contribution in [0.3, 0.4) is 0 Å². The van der Waals surface area contributed by atoms with E-state index in [0.29, 0.717) is 61.1 Å². The number of ether oxygens (including phenoxy) is 1. The number of hydroxylamine groups is 2. The topological polar surface area (TPSA) is 149 Å². The standard InChI is InChI=1S/C36H48BrN7O7/c1-39(50)33(46)24-40-18-20-41(21-19-40)27-9-13-42(14-10-27)34(47)32(23-25-6-7-31(45)29(37)22-25)51-36(49)43-15-11-28(12-16-43)44-17-8-26-4-2-3-5-30(26)38-35(44)48/h2-7,22,27-28,32,45,50H,8-21,23-24H2,1H3,(H,38,48)/t32-/m1/s1. The van der Waals surface area contributed by atoms with Crippen LogP contribution in [0.4, 0.5) is 15.3 Å². The average molecular weight is 771 g/mol. The molecule has 14 nitrogen and oxygen atoms in total. The molecule has 0 bridgehead atoms. The molecule has 2 aromatic carbocycles. The minimum absolute atomic E-state index is 0.0100. The third-order valence-corrected chi connectivity index (χ3v) is 11.3. The molecule has 0 unspecified atom stereocenters. The Morgan fingerprint density at radius 1 is 0.922 bits per heavy atom. The molecule has 5 amide bonds. The number of anilines is 1. The minimum Gasteiger partial charge on any atom is -0.507 e. The highest BCUT2D eigenvalue weighted by atomic mass is 79.9. The van der Waals surface area contributed by atoms with Gasteiger partial charge in [-0.15, -0.1) is 0 Å². The number of halogens is 1. The van der Waals surface area contributed by atoms with Crippen molar-refractivity contribution in [3.63, 3.8) is 0 Å². The van der Waals surface area contributed by atoms with Crippen LogP contribution in [0.15, 0.2) is 46.9 Å². The SMILES string of the molecule is CN(O)C(=O)CN1CCN(C2CCN(C(=O)[C@@H](Cc3ccc(O)c(Br)c3)OC(=O)N3CCC(N4CCc5ccccc5NC4=O)CC3)CC2)CC1. The molecule has 3 saturated heterocycles. The summed E-state index contributed by atoms with van der Waals surface area (Å²) in [6, 6.07) is 13.0. The molecule has 4 heterocycles. The number of likely N-dealkylation sites (tertiary alicyclic amines) is 2. The van der Waals surface area contributed by atoms with Crippen LogP contribution in [-0.4, -0.2) is 154 Å². The number of nitrogens with zero attached hydrogens (tertiary/aromatic N) is 6. The Hall–Kier alpha value is -3.92. The Morgan fingerprint density at radius 2 is 1.59 bits per heavy atom. The van der Waals surface area contributed by atoms with Crippen molar-refractivity contribution in [2.45, 2.75) is 56.7 Å². The van der Waals surface area contributed by atoms with Gasteiger partial charge in [-0.25, -0.2) is 14.7 Å². The van der Waals surface area contributed by atoms with Gasteiger partial charge in [0.15, 0.2) is 6.10 Å². The predicted molar refractivity (Wildman–Crippen MR) is 192 cm³/mol. The molecule has 0 saturated carbocycles. The third kappa shape index (κ3) is 9.12. The molecule has 0 spiro atoms. The van der Waals surface area contributed by atoms with Crippen molar-refractivity contribution < 1.29 is 34.2 Å². The monoisotopic (exact) mass is 769 g/mol. The molecule has 3 fully saturated rings. The quantitative estimate of drug-likeness (QED) is 0.272. The van der Waals surface area contributed by atoms with Gasteiger partial charge < -0.3 is 29.9 Å². The summed E-state index contributed by atoms with van der Waals surface area (Å²) >= 11 is 3.35. The van der Waals surface area contributed by atoms with Gasteiger partial charge in [-0.3, -0.25) is 24.6 Å². The number of nitrogens with one attached hydrogen (secondary N) is 1. The van der Waals surface area contributed by atoms with E-state index in [1.807, 2.05) is 34.1 Å². The first-order valence-corrected chi connectivity index (χ1v) is 18.6. The van der Waals surface area contributed by atoms with E-state index in [1.165, 1.54) is 7.05 Å². The number of hydrogen-bond acceptors (Lipinski definition) is 9. The van der Waals surface area contributed by atoms with Gasteiger partial charge in [-0.1, -0.05) is 24.3 Å². The first kappa shape index (κ1) is 36.9. The summed E-state index contributed by atoms with van der Waals surface area (Å²) in [4.78, 5) is 62.3. The average Bonchev–Trinajstić information content (AvgIpc) is 3.31. The molecule has 3 N–H and O–H groups in total. The van der Waals surface area contributed by atoms with Crippen LogP contribution in [0, 0.1) is 0 Å². The number of likely N-dealkylation sites (N-methyl/N-ethyl adjacent to an activating group) is 1. The molecular weight excluding hydrogens is 722 g/mol. The summed E-state index contributed by atoms with van der Waals surface area (Å²) in [5.41, 5.74) is 2.69. The Labute approximate surface area is 307 Å². The Kier molecular flexibility index (Phi) is 12.0. The minimum atomic E-state index is -1.04. The van der Waals surface area contributed by atoms with E-state index in [9.17, 15) is 29.5 Å². The lowest BCUT2D eigenvalue weighted by Gasteiger charge is -2.43. The molecule has 4 aliphatic heterocycles. The fourth-order valence-electron chi connectivity index (χ4n) is 7.60. The highest BCUT2D eigenvalue weighted by Gasteiger charge is 2.36. The van der Waals surface area contributed by atoms with Crippen LogP contribution in [-0.2, 0) is 27.2 Å². The van der Waals surface area contributed by atoms with Gasteiger partial charge in [-0.05, 0) is 77.4 Å². The van der Waals surface area contributed by atoms with Crippen LogP contribution in [0.5, 0.6) is 5.75 Å². The molecular formula is C36H48BrN7O7. The summed E-state index contributed by atoms with van der Waals surface area (Å²) in [6.07, 6.45) is 2.14. The number of carbonyl (C=O) groups is 4. The lowest BCUT2D eigenvalue weighted by atomic mass is 10.0. The van der Waals surface area contributed by atoms with Crippen molar-refractivity contribution >= 4 is 45.6 Å². The number of hydrogen-bond donors (Lipinski definition) is 3. The van der Waals surface area contributed by atoms with Crippen LogP contribution < -0.4 is 5.32 Å². The second-order valence-corrected chi connectivity index (χ2v) is 14.8. The number of phenols is 1. The summed E-state index contributed by atoms with van der Waals surface area (Å²) in [7, 11) is 1.34. The van der Waals surface area contributed by atoms with Crippen molar-refractivity contribution in [3.05, 3.63) is 58.1 Å². The molecule has 2 aromatic rings. The van der Waals surface area contributed by atoms with Crippen LogP contribution in [0.2, 0.25) is 0 Å². The van der Waals surface area contributed by atoms with Crippen molar-refractivity contribution in [2.24, 2.45) is 0 Å². The fourth-order valence-corrected chi connectivity index (χ4v) is 8.03. The maximum atomic E-state index is 14.0. The number of carbonyl (C=O) groups excluding carboxylic acids is 4. The van der Waals surface area contributed by atoms with Crippen molar-refractivity contribution in [1.29, 1.82) is 0 Å².